The third kappa shape index (κ3) is 6.64. The van der Waals surface area contributed by atoms with Crippen molar-refractivity contribution >= 4 is 17.5 Å². The minimum Gasteiger partial charge on any atom is -0.352 e. The fraction of sp³-hybridized carbons (Fsp3) is 0.400. The van der Waals surface area contributed by atoms with Crippen LogP contribution in [0, 0.1) is 25.7 Å². The van der Waals surface area contributed by atoms with Gasteiger partial charge in [0, 0.05) is 36.6 Å². The Kier molecular flexibility index (Phi) is 8.67. The molecular formula is C30H32F3N3O3. The third-order valence-corrected chi connectivity index (χ3v) is 7.41. The number of nitrogens with zero attached hydrogens (tertiary/aromatic N) is 2. The van der Waals surface area contributed by atoms with Gasteiger partial charge in [-0.2, -0.15) is 18.3 Å². The van der Waals surface area contributed by atoms with E-state index in [2.05, 4.69) is 10.4 Å². The Labute approximate surface area is 225 Å². The minimum absolute atomic E-state index is 0.0649. The molecule has 1 fully saturated rings. The molecule has 1 heterocycles. The number of amides is 1. The Bertz CT molecular complexity index is 1320. The molecule has 0 unspecified atom stereocenters. The van der Waals surface area contributed by atoms with Crippen molar-refractivity contribution in [2.75, 3.05) is 6.54 Å². The van der Waals surface area contributed by atoms with Gasteiger partial charge in [-0.3, -0.25) is 14.4 Å². The maximum atomic E-state index is 13.5. The molecule has 1 amide bonds. The van der Waals surface area contributed by atoms with Crippen molar-refractivity contribution in [1.82, 2.24) is 15.1 Å². The summed E-state index contributed by atoms with van der Waals surface area (Å²) in [5, 5.41) is 6.09. The average molecular weight is 540 g/mol. The van der Waals surface area contributed by atoms with Crippen LogP contribution in [0.5, 0.6) is 0 Å². The number of aryl methyl sites for hydroxylation is 2. The van der Waals surface area contributed by atoms with Crippen molar-refractivity contribution in [2.45, 2.75) is 58.5 Å². The van der Waals surface area contributed by atoms with E-state index in [1.807, 2.05) is 32.0 Å². The SMILES string of the molecule is Cc1cccc(C)c1C(=O)C1CCC(C(=O)CCCNC(=O)c2cn(-c3ccccc3)nc2C(F)(F)F)CC1. The molecule has 4 rings (SSSR count). The van der Waals surface area contributed by atoms with E-state index < -0.39 is 23.3 Å². The molecule has 0 saturated heterocycles. The van der Waals surface area contributed by atoms with Gasteiger partial charge in [0.2, 0.25) is 0 Å². The number of halogens is 3. The van der Waals surface area contributed by atoms with Crippen LogP contribution in [-0.4, -0.2) is 33.8 Å². The maximum absolute atomic E-state index is 13.5. The molecule has 206 valence electrons. The fourth-order valence-electron chi connectivity index (χ4n) is 5.31. The Hall–Kier alpha value is -3.75. The van der Waals surface area contributed by atoms with Crippen LogP contribution < -0.4 is 5.32 Å². The quantitative estimate of drug-likeness (QED) is 0.257. The van der Waals surface area contributed by atoms with E-state index in [0.717, 1.165) is 27.6 Å². The summed E-state index contributed by atoms with van der Waals surface area (Å²) in [5.74, 6) is -0.901. The van der Waals surface area contributed by atoms with Gasteiger partial charge in [-0.1, -0.05) is 36.4 Å². The largest absolute Gasteiger partial charge is 0.435 e. The summed E-state index contributed by atoms with van der Waals surface area (Å²) < 4.78 is 41.6. The molecular weight excluding hydrogens is 507 g/mol. The van der Waals surface area contributed by atoms with Gasteiger partial charge in [0.15, 0.2) is 11.5 Å². The number of Topliss-reactive ketones (excluding diaryl/α,β-unsaturated/α-hetero) is 2. The Morgan fingerprint density at radius 3 is 2.15 bits per heavy atom. The van der Waals surface area contributed by atoms with Crippen LogP contribution in [0.3, 0.4) is 0 Å². The summed E-state index contributed by atoms with van der Waals surface area (Å²) in [6, 6.07) is 14.0. The second-order valence-corrected chi connectivity index (χ2v) is 10.2. The molecule has 0 atom stereocenters. The van der Waals surface area contributed by atoms with E-state index in [0.29, 0.717) is 37.8 Å². The van der Waals surface area contributed by atoms with Gasteiger partial charge in [0.1, 0.15) is 5.78 Å². The van der Waals surface area contributed by atoms with Crippen LogP contribution in [0.2, 0.25) is 0 Å². The second kappa shape index (κ2) is 12.0. The van der Waals surface area contributed by atoms with Gasteiger partial charge >= 0.3 is 6.18 Å². The lowest BCUT2D eigenvalue weighted by atomic mass is 9.75. The van der Waals surface area contributed by atoms with Crippen LogP contribution in [0.1, 0.15) is 76.1 Å². The summed E-state index contributed by atoms with van der Waals surface area (Å²) in [6.07, 6.45) is -0.593. The first-order chi connectivity index (χ1) is 18.6. The number of hydrogen-bond acceptors (Lipinski definition) is 4. The highest BCUT2D eigenvalue weighted by Crippen LogP contribution is 2.34. The molecule has 0 spiro atoms. The summed E-state index contributed by atoms with van der Waals surface area (Å²) >= 11 is 0. The summed E-state index contributed by atoms with van der Waals surface area (Å²) in [4.78, 5) is 38.4. The zero-order valence-electron chi connectivity index (χ0n) is 22.1. The molecule has 39 heavy (non-hydrogen) atoms. The van der Waals surface area contributed by atoms with Crippen LogP contribution in [0.25, 0.3) is 5.69 Å². The van der Waals surface area contributed by atoms with Crippen LogP contribution in [0.15, 0.2) is 54.7 Å². The topological polar surface area (TPSA) is 81.1 Å². The van der Waals surface area contributed by atoms with Crippen molar-refractivity contribution < 1.29 is 27.6 Å². The highest BCUT2D eigenvalue weighted by atomic mass is 19.4. The van der Waals surface area contributed by atoms with Crippen molar-refractivity contribution in [1.29, 1.82) is 0 Å². The molecule has 6 nitrogen and oxygen atoms in total. The van der Waals surface area contributed by atoms with E-state index in [1.54, 1.807) is 30.3 Å². The number of aromatic nitrogens is 2. The van der Waals surface area contributed by atoms with Gasteiger partial charge in [-0.15, -0.1) is 0 Å². The van der Waals surface area contributed by atoms with Crippen LogP contribution >= 0.6 is 0 Å². The number of carbonyl (C=O) groups excluding carboxylic acids is 3. The lowest BCUT2D eigenvalue weighted by Gasteiger charge is -2.27. The first-order valence-corrected chi connectivity index (χ1v) is 13.2. The predicted octanol–water partition coefficient (Wildman–Crippen LogP) is 6.28. The highest BCUT2D eigenvalue weighted by Gasteiger charge is 2.39. The van der Waals surface area contributed by atoms with Crippen molar-refractivity contribution in [3.63, 3.8) is 0 Å². The van der Waals surface area contributed by atoms with E-state index in [4.69, 9.17) is 0 Å². The van der Waals surface area contributed by atoms with Crippen molar-refractivity contribution in [3.8, 4) is 5.69 Å². The fourth-order valence-corrected chi connectivity index (χ4v) is 5.31. The zero-order valence-corrected chi connectivity index (χ0v) is 22.1. The first kappa shape index (κ1) is 28.3. The number of alkyl halides is 3. The smallest absolute Gasteiger partial charge is 0.352 e. The minimum atomic E-state index is -4.79. The molecule has 0 radical (unpaired) electrons. The predicted molar refractivity (Wildman–Crippen MR) is 141 cm³/mol. The molecule has 0 bridgehead atoms. The normalized spacial score (nSPS) is 17.6. The number of benzene rings is 2. The van der Waals surface area contributed by atoms with Gasteiger partial charge < -0.3 is 5.32 Å². The van der Waals surface area contributed by atoms with Gasteiger partial charge in [0.25, 0.3) is 5.91 Å². The van der Waals surface area contributed by atoms with Crippen molar-refractivity contribution in [2.24, 2.45) is 11.8 Å². The second-order valence-electron chi connectivity index (χ2n) is 10.2. The lowest BCUT2D eigenvalue weighted by Crippen LogP contribution is -2.29. The standard InChI is InChI=1S/C30H32F3N3O3/c1-19-8-6-9-20(2)26(19)27(38)22-15-13-21(14-16-22)25(37)12-7-17-34-29(39)24-18-36(23-10-4-3-5-11-23)35-28(24)30(31,32)33/h3-6,8-11,18,21-22H,7,12-17H2,1-2H3,(H,34,39). The van der Waals surface area contributed by atoms with E-state index in [-0.39, 0.29) is 36.4 Å². The number of nitrogens with one attached hydrogen (secondary N) is 1. The highest BCUT2D eigenvalue weighted by molar-refractivity contribution is 6.00. The molecule has 1 aliphatic rings. The number of carbonyl (C=O) groups is 3. The van der Waals surface area contributed by atoms with E-state index in [1.165, 1.54) is 0 Å². The number of hydrogen-bond donors (Lipinski definition) is 1. The Morgan fingerprint density at radius 2 is 1.54 bits per heavy atom. The van der Waals surface area contributed by atoms with Crippen LogP contribution in [0.4, 0.5) is 13.2 Å². The van der Waals surface area contributed by atoms with Crippen LogP contribution in [-0.2, 0) is 11.0 Å². The average Bonchev–Trinajstić information content (AvgIpc) is 3.38. The molecule has 9 heteroatoms. The molecule has 2 aromatic carbocycles. The number of rotatable bonds is 9. The molecule has 1 aliphatic carbocycles. The Morgan fingerprint density at radius 1 is 0.923 bits per heavy atom. The third-order valence-electron chi connectivity index (χ3n) is 7.41. The Balaban J connectivity index is 1.27. The van der Waals surface area contributed by atoms with Gasteiger partial charge in [0.05, 0.1) is 11.3 Å². The van der Waals surface area contributed by atoms with Gasteiger partial charge in [-0.05, 0) is 69.2 Å². The molecule has 1 aromatic heterocycles. The molecule has 0 aliphatic heterocycles. The first-order valence-electron chi connectivity index (χ1n) is 13.2. The summed E-state index contributed by atoms with van der Waals surface area (Å²) in [5.41, 5.74) is 1.30. The maximum Gasteiger partial charge on any atom is 0.435 e. The monoisotopic (exact) mass is 539 g/mol. The zero-order chi connectivity index (χ0) is 28.2. The molecule has 1 saturated carbocycles. The number of para-hydroxylation sites is 1. The van der Waals surface area contributed by atoms with E-state index in [9.17, 15) is 27.6 Å². The van der Waals surface area contributed by atoms with Gasteiger partial charge in [-0.25, -0.2) is 4.68 Å². The summed E-state index contributed by atoms with van der Waals surface area (Å²) in [6.45, 7) is 3.94. The summed E-state index contributed by atoms with van der Waals surface area (Å²) in [7, 11) is 0. The van der Waals surface area contributed by atoms with E-state index >= 15 is 0 Å². The molecule has 1 N–H and O–H groups in total. The number of ketones is 2. The lowest BCUT2D eigenvalue weighted by molar-refractivity contribution is -0.141. The van der Waals surface area contributed by atoms with Crippen molar-refractivity contribution in [3.05, 3.63) is 82.7 Å². The molecule has 3 aromatic rings.